The summed E-state index contributed by atoms with van der Waals surface area (Å²) in [6, 6.07) is 12.6. The lowest BCUT2D eigenvalue weighted by molar-refractivity contribution is -0.145. The minimum absolute atomic E-state index is 0.109. The molecule has 1 saturated heterocycles. The Kier molecular flexibility index (Phi) is 4.12. The molecule has 132 valence electrons. The van der Waals surface area contributed by atoms with E-state index in [0.717, 1.165) is 5.56 Å². The number of ether oxygens (including phenoxy) is 1. The molecule has 1 aliphatic heterocycles. The summed E-state index contributed by atoms with van der Waals surface area (Å²) in [6.45, 7) is 0.304. The first kappa shape index (κ1) is 16.6. The van der Waals surface area contributed by atoms with Crippen molar-refractivity contribution >= 4 is 40.3 Å². The average Bonchev–Trinajstić information content (AvgIpc) is 3.24. The molecule has 0 bridgehead atoms. The van der Waals surface area contributed by atoms with E-state index in [-0.39, 0.29) is 18.3 Å². The highest BCUT2D eigenvalue weighted by molar-refractivity contribution is 6.31. The fourth-order valence-corrected chi connectivity index (χ4v) is 3.28. The molecule has 4 rings (SSSR count). The van der Waals surface area contributed by atoms with Gasteiger partial charge < -0.3 is 14.1 Å². The second kappa shape index (κ2) is 6.46. The molecular weight excluding hydrogens is 356 g/mol. The Labute approximate surface area is 154 Å². The summed E-state index contributed by atoms with van der Waals surface area (Å²) in [4.78, 5) is 30.1. The second-order valence-electron chi connectivity index (χ2n) is 6.11. The van der Waals surface area contributed by atoms with Crippen molar-refractivity contribution in [2.75, 3.05) is 18.6 Å². The lowest BCUT2D eigenvalue weighted by Gasteiger charge is -2.16. The number of halogens is 1. The second-order valence-corrected chi connectivity index (χ2v) is 6.55. The van der Waals surface area contributed by atoms with Crippen molar-refractivity contribution in [3.63, 3.8) is 0 Å². The molecule has 26 heavy (non-hydrogen) atoms. The molecule has 0 unspecified atom stereocenters. The van der Waals surface area contributed by atoms with E-state index in [0.29, 0.717) is 34.2 Å². The van der Waals surface area contributed by atoms with Crippen LogP contribution in [-0.4, -0.2) is 30.5 Å². The number of oxazole rings is 1. The van der Waals surface area contributed by atoms with Crippen molar-refractivity contribution in [1.82, 2.24) is 4.98 Å². The zero-order chi connectivity index (χ0) is 18.3. The van der Waals surface area contributed by atoms with Crippen LogP contribution in [0.5, 0.6) is 0 Å². The van der Waals surface area contributed by atoms with Crippen molar-refractivity contribution in [3.8, 4) is 11.5 Å². The van der Waals surface area contributed by atoms with Crippen LogP contribution in [0, 0.1) is 5.92 Å². The number of carbonyl (C=O) groups is 2. The molecule has 0 saturated carbocycles. The van der Waals surface area contributed by atoms with E-state index < -0.39 is 5.92 Å². The number of methoxy groups -OCH3 is 1. The van der Waals surface area contributed by atoms with Gasteiger partial charge in [0.25, 0.3) is 0 Å². The Bertz CT molecular complexity index is 1010. The summed E-state index contributed by atoms with van der Waals surface area (Å²) in [7, 11) is 1.33. The molecule has 1 fully saturated rings. The Hall–Kier alpha value is -2.86. The van der Waals surface area contributed by atoms with Gasteiger partial charge in [-0.3, -0.25) is 9.59 Å². The molecule has 1 aromatic heterocycles. The first-order chi connectivity index (χ1) is 12.5. The number of rotatable bonds is 3. The van der Waals surface area contributed by atoms with Gasteiger partial charge in [-0.2, -0.15) is 0 Å². The zero-order valence-corrected chi connectivity index (χ0v) is 14.7. The molecule has 3 aromatic rings. The van der Waals surface area contributed by atoms with Crippen LogP contribution in [0.2, 0.25) is 5.02 Å². The largest absolute Gasteiger partial charge is 0.469 e. The highest BCUT2D eigenvalue weighted by Crippen LogP contribution is 2.31. The highest BCUT2D eigenvalue weighted by Gasteiger charge is 2.35. The lowest BCUT2D eigenvalue weighted by atomic mass is 10.1. The van der Waals surface area contributed by atoms with E-state index in [9.17, 15) is 9.59 Å². The summed E-state index contributed by atoms with van der Waals surface area (Å²) in [5.41, 5.74) is 2.74. The Morgan fingerprint density at radius 1 is 1.31 bits per heavy atom. The quantitative estimate of drug-likeness (QED) is 0.658. The van der Waals surface area contributed by atoms with Crippen LogP contribution in [0.15, 0.2) is 46.9 Å². The van der Waals surface area contributed by atoms with Gasteiger partial charge in [-0.25, -0.2) is 4.98 Å². The monoisotopic (exact) mass is 370 g/mol. The number of nitrogens with zero attached hydrogens (tertiary/aromatic N) is 2. The normalized spacial score (nSPS) is 17.1. The predicted octanol–water partition coefficient (Wildman–Crippen LogP) is 3.67. The van der Waals surface area contributed by atoms with Crippen molar-refractivity contribution in [2.24, 2.45) is 5.92 Å². The molecule has 1 aliphatic rings. The molecule has 0 spiro atoms. The van der Waals surface area contributed by atoms with Crippen molar-refractivity contribution in [1.29, 1.82) is 0 Å². The number of benzene rings is 2. The van der Waals surface area contributed by atoms with E-state index in [2.05, 4.69) is 4.98 Å². The number of amides is 1. The van der Waals surface area contributed by atoms with Crippen molar-refractivity contribution < 1.29 is 18.7 Å². The third-order valence-electron chi connectivity index (χ3n) is 4.41. The topological polar surface area (TPSA) is 72.6 Å². The van der Waals surface area contributed by atoms with E-state index in [1.807, 2.05) is 24.3 Å². The molecule has 7 heteroatoms. The summed E-state index contributed by atoms with van der Waals surface area (Å²) >= 11 is 5.99. The smallest absolute Gasteiger partial charge is 0.311 e. The van der Waals surface area contributed by atoms with Crippen LogP contribution in [0.25, 0.3) is 22.6 Å². The van der Waals surface area contributed by atoms with E-state index >= 15 is 0 Å². The third kappa shape index (κ3) is 2.93. The Balaban J connectivity index is 1.66. The molecule has 6 nitrogen and oxygen atoms in total. The van der Waals surface area contributed by atoms with E-state index in [1.165, 1.54) is 7.11 Å². The van der Waals surface area contributed by atoms with Gasteiger partial charge in [0.05, 0.1) is 13.0 Å². The maximum absolute atomic E-state index is 12.3. The molecule has 2 aromatic carbocycles. The molecular formula is C19H15ClN2O4. The first-order valence-corrected chi connectivity index (χ1v) is 8.47. The van der Waals surface area contributed by atoms with Gasteiger partial charge in [-0.15, -0.1) is 0 Å². The summed E-state index contributed by atoms with van der Waals surface area (Å²) in [6.07, 6.45) is 0.151. The maximum Gasteiger partial charge on any atom is 0.311 e. The van der Waals surface area contributed by atoms with Gasteiger partial charge in [0.1, 0.15) is 5.52 Å². The number of esters is 1. The molecule has 1 amide bonds. The number of aromatic nitrogens is 1. The zero-order valence-electron chi connectivity index (χ0n) is 13.9. The number of hydrogen-bond donors (Lipinski definition) is 0. The number of fused-ring (bicyclic) bond motifs is 1. The number of anilines is 1. The average molecular weight is 371 g/mol. The summed E-state index contributed by atoms with van der Waals surface area (Å²) < 4.78 is 10.5. The van der Waals surface area contributed by atoms with Crippen LogP contribution in [0.3, 0.4) is 0 Å². The first-order valence-electron chi connectivity index (χ1n) is 8.10. The maximum atomic E-state index is 12.3. The van der Waals surface area contributed by atoms with E-state index in [1.54, 1.807) is 23.1 Å². The van der Waals surface area contributed by atoms with Gasteiger partial charge in [-0.05, 0) is 36.4 Å². The minimum Gasteiger partial charge on any atom is -0.469 e. The van der Waals surface area contributed by atoms with Gasteiger partial charge in [0, 0.05) is 29.2 Å². The molecule has 2 heterocycles. The fourth-order valence-electron chi connectivity index (χ4n) is 3.11. The molecule has 0 radical (unpaired) electrons. The van der Waals surface area contributed by atoms with Gasteiger partial charge in [-0.1, -0.05) is 17.7 Å². The Morgan fingerprint density at radius 3 is 2.96 bits per heavy atom. The van der Waals surface area contributed by atoms with Crippen LogP contribution in [-0.2, 0) is 14.3 Å². The Morgan fingerprint density at radius 2 is 2.15 bits per heavy atom. The van der Waals surface area contributed by atoms with Crippen LogP contribution >= 0.6 is 11.6 Å². The minimum atomic E-state index is -0.442. The standard InChI is InChI=1S/C19H15ClN2O4/c1-25-19(24)12-8-17(23)22(10-12)14-4-2-3-11(7-14)18-21-15-9-13(20)5-6-16(15)26-18/h2-7,9,12H,8,10H2,1H3/t12-/m0/s1. The third-order valence-corrected chi connectivity index (χ3v) is 4.65. The van der Waals surface area contributed by atoms with Gasteiger partial charge >= 0.3 is 5.97 Å². The predicted molar refractivity (Wildman–Crippen MR) is 96.9 cm³/mol. The lowest BCUT2D eigenvalue weighted by Crippen LogP contribution is -2.26. The molecule has 0 aliphatic carbocycles. The van der Waals surface area contributed by atoms with Crippen LogP contribution < -0.4 is 4.90 Å². The van der Waals surface area contributed by atoms with Crippen LogP contribution in [0.4, 0.5) is 5.69 Å². The fraction of sp³-hybridized carbons (Fsp3) is 0.211. The van der Waals surface area contributed by atoms with E-state index in [4.69, 9.17) is 20.8 Å². The summed E-state index contributed by atoms with van der Waals surface area (Å²) in [5.74, 6) is -0.474. The summed E-state index contributed by atoms with van der Waals surface area (Å²) in [5, 5.41) is 0.586. The van der Waals surface area contributed by atoms with Gasteiger partial charge in [0.2, 0.25) is 11.8 Å². The van der Waals surface area contributed by atoms with Crippen LogP contribution in [0.1, 0.15) is 6.42 Å². The SMILES string of the molecule is COC(=O)[C@H]1CC(=O)N(c2cccc(-c3nc4cc(Cl)ccc4o3)c2)C1. The van der Waals surface area contributed by atoms with Crippen molar-refractivity contribution in [3.05, 3.63) is 47.5 Å². The van der Waals surface area contributed by atoms with Gasteiger partial charge in [0.15, 0.2) is 5.58 Å². The van der Waals surface area contributed by atoms with Crippen molar-refractivity contribution in [2.45, 2.75) is 6.42 Å². The molecule has 0 N–H and O–H groups in total. The number of carbonyl (C=O) groups excluding carboxylic acids is 2. The highest BCUT2D eigenvalue weighted by atomic mass is 35.5. The number of hydrogen-bond acceptors (Lipinski definition) is 5. The molecule has 1 atom stereocenters.